The number of nitrogens with zero attached hydrogens (tertiary/aromatic N) is 3. The van der Waals surface area contributed by atoms with Crippen molar-refractivity contribution in [2.75, 3.05) is 31.9 Å². The predicted molar refractivity (Wildman–Crippen MR) is 74.3 cm³/mol. The van der Waals surface area contributed by atoms with Gasteiger partial charge in [-0.3, -0.25) is 4.79 Å². The Balaban J connectivity index is 2.23. The minimum Gasteiger partial charge on any atom is -0.383 e. The molecule has 20 heavy (non-hydrogen) atoms. The van der Waals surface area contributed by atoms with E-state index in [-0.39, 0.29) is 23.2 Å². The van der Waals surface area contributed by atoms with Gasteiger partial charge in [0.2, 0.25) is 15.9 Å². The fraction of sp³-hybridized carbons (Fsp3) is 0.500. The Bertz CT molecular complexity index is 602. The molecule has 0 aromatic carbocycles. The highest BCUT2D eigenvalue weighted by Gasteiger charge is 2.29. The first-order valence-corrected chi connectivity index (χ1v) is 7.83. The van der Waals surface area contributed by atoms with Gasteiger partial charge >= 0.3 is 0 Å². The Morgan fingerprint density at radius 1 is 1.30 bits per heavy atom. The normalized spacial score (nSPS) is 17.8. The molecule has 0 unspecified atom stereocenters. The van der Waals surface area contributed by atoms with Crippen molar-refractivity contribution in [3.8, 4) is 0 Å². The zero-order valence-electron chi connectivity index (χ0n) is 11.3. The fourth-order valence-corrected chi connectivity index (χ4v) is 3.75. The summed E-state index contributed by atoms with van der Waals surface area (Å²) < 4.78 is 26.4. The van der Waals surface area contributed by atoms with E-state index in [0.29, 0.717) is 26.1 Å². The molecule has 0 atom stereocenters. The number of sulfonamides is 1. The number of nitrogens with two attached hydrogens (primary N) is 1. The average molecular weight is 298 g/mol. The number of hydrogen-bond donors (Lipinski definition) is 1. The molecule has 0 spiro atoms. The molecule has 1 saturated heterocycles. The second-order valence-corrected chi connectivity index (χ2v) is 6.56. The number of amides is 1. The van der Waals surface area contributed by atoms with Crippen LogP contribution in [-0.4, -0.2) is 54.7 Å². The summed E-state index contributed by atoms with van der Waals surface area (Å²) in [5.41, 5.74) is 5.65. The smallest absolute Gasteiger partial charge is 0.246 e. The Hall–Kier alpha value is -1.67. The molecule has 2 N–H and O–H groups in total. The highest BCUT2D eigenvalue weighted by atomic mass is 32.2. The Kier molecular flexibility index (Phi) is 4.24. The van der Waals surface area contributed by atoms with Gasteiger partial charge in [-0.15, -0.1) is 0 Å². The third-order valence-corrected chi connectivity index (χ3v) is 5.26. The molecule has 0 saturated carbocycles. The zero-order valence-corrected chi connectivity index (χ0v) is 12.1. The van der Waals surface area contributed by atoms with E-state index in [1.807, 2.05) is 0 Å². The minimum atomic E-state index is -3.66. The maximum atomic E-state index is 12.5. The summed E-state index contributed by atoms with van der Waals surface area (Å²) in [6.07, 6.45) is 2.06. The van der Waals surface area contributed by atoms with Gasteiger partial charge in [0, 0.05) is 39.3 Å². The van der Waals surface area contributed by atoms with Crippen LogP contribution in [0.5, 0.6) is 0 Å². The number of pyridine rings is 1. The van der Waals surface area contributed by atoms with Crippen LogP contribution in [0.2, 0.25) is 0 Å². The molecular weight excluding hydrogens is 280 g/mol. The lowest BCUT2D eigenvalue weighted by Gasteiger charge is -2.21. The van der Waals surface area contributed by atoms with Gasteiger partial charge in [-0.25, -0.2) is 13.4 Å². The van der Waals surface area contributed by atoms with Crippen molar-refractivity contribution in [2.45, 2.75) is 18.2 Å². The van der Waals surface area contributed by atoms with Crippen molar-refractivity contribution in [1.29, 1.82) is 0 Å². The Morgan fingerprint density at radius 2 is 2.05 bits per heavy atom. The monoisotopic (exact) mass is 298 g/mol. The van der Waals surface area contributed by atoms with Crippen LogP contribution in [0.1, 0.15) is 13.3 Å². The molecule has 0 bridgehead atoms. The van der Waals surface area contributed by atoms with Gasteiger partial charge in [0.15, 0.2) is 0 Å². The topological polar surface area (TPSA) is 96.6 Å². The van der Waals surface area contributed by atoms with E-state index in [4.69, 9.17) is 5.73 Å². The van der Waals surface area contributed by atoms with Crippen molar-refractivity contribution in [2.24, 2.45) is 0 Å². The quantitative estimate of drug-likeness (QED) is 0.823. The molecule has 1 aromatic rings. The van der Waals surface area contributed by atoms with Gasteiger partial charge in [-0.2, -0.15) is 4.31 Å². The first-order valence-electron chi connectivity index (χ1n) is 6.39. The number of carbonyl (C=O) groups excluding carboxylic acids is 1. The van der Waals surface area contributed by atoms with E-state index in [1.54, 1.807) is 11.0 Å². The van der Waals surface area contributed by atoms with E-state index >= 15 is 0 Å². The number of anilines is 1. The van der Waals surface area contributed by atoms with E-state index in [0.717, 1.165) is 0 Å². The summed E-state index contributed by atoms with van der Waals surface area (Å²) in [4.78, 5) is 16.9. The standard InChI is InChI=1S/C12H18N4O3S/c1-10(17)15-6-3-7-16(9-8-15)20(18,19)11-4-2-5-14-12(11)13/h2,4-5H,3,6-9H2,1H3,(H2,13,14). The van der Waals surface area contributed by atoms with Crippen LogP contribution in [0.4, 0.5) is 5.82 Å². The predicted octanol–water partition coefficient (Wildman–Crippen LogP) is -0.0933. The van der Waals surface area contributed by atoms with Crippen molar-refractivity contribution >= 4 is 21.7 Å². The maximum absolute atomic E-state index is 12.5. The molecule has 0 aliphatic carbocycles. The molecule has 7 nitrogen and oxygen atoms in total. The molecule has 1 aliphatic heterocycles. The summed E-state index contributed by atoms with van der Waals surface area (Å²) in [7, 11) is -3.66. The zero-order chi connectivity index (χ0) is 14.8. The highest BCUT2D eigenvalue weighted by Crippen LogP contribution is 2.21. The summed E-state index contributed by atoms with van der Waals surface area (Å²) >= 11 is 0. The van der Waals surface area contributed by atoms with E-state index in [2.05, 4.69) is 4.98 Å². The SMILES string of the molecule is CC(=O)N1CCCN(S(=O)(=O)c2cccnc2N)CC1. The number of nitrogen functional groups attached to an aromatic ring is 1. The third-order valence-electron chi connectivity index (χ3n) is 3.32. The molecular formula is C12H18N4O3S. The van der Waals surface area contributed by atoms with E-state index in [9.17, 15) is 13.2 Å². The van der Waals surface area contributed by atoms with Crippen LogP contribution in [0, 0.1) is 0 Å². The van der Waals surface area contributed by atoms with Crippen molar-refractivity contribution in [3.05, 3.63) is 18.3 Å². The molecule has 0 radical (unpaired) electrons. The molecule has 1 aromatic heterocycles. The van der Waals surface area contributed by atoms with Crippen LogP contribution in [0.3, 0.4) is 0 Å². The Morgan fingerprint density at radius 3 is 2.70 bits per heavy atom. The van der Waals surface area contributed by atoms with Crippen LogP contribution in [0.15, 0.2) is 23.2 Å². The second-order valence-electron chi connectivity index (χ2n) is 4.65. The molecule has 110 valence electrons. The summed E-state index contributed by atoms with van der Waals surface area (Å²) in [6.45, 7) is 3.11. The lowest BCUT2D eigenvalue weighted by Crippen LogP contribution is -2.36. The molecule has 2 heterocycles. The van der Waals surface area contributed by atoms with Crippen LogP contribution < -0.4 is 5.73 Å². The van der Waals surface area contributed by atoms with Crippen LogP contribution in [0.25, 0.3) is 0 Å². The van der Waals surface area contributed by atoms with Gasteiger partial charge in [0.1, 0.15) is 10.7 Å². The number of rotatable bonds is 2. The Labute approximate surface area is 118 Å². The first kappa shape index (κ1) is 14.7. The highest BCUT2D eigenvalue weighted by molar-refractivity contribution is 7.89. The van der Waals surface area contributed by atoms with Gasteiger partial charge < -0.3 is 10.6 Å². The number of aromatic nitrogens is 1. The summed E-state index contributed by atoms with van der Waals surface area (Å²) in [5.74, 6) is -0.0367. The van der Waals surface area contributed by atoms with Crippen molar-refractivity contribution < 1.29 is 13.2 Å². The van der Waals surface area contributed by atoms with Crippen LogP contribution in [-0.2, 0) is 14.8 Å². The second kappa shape index (κ2) is 5.76. The van der Waals surface area contributed by atoms with Crippen molar-refractivity contribution in [3.63, 3.8) is 0 Å². The van der Waals surface area contributed by atoms with Gasteiger partial charge in [-0.1, -0.05) is 0 Å². The van der Waals surface area contributed by atoms with Crippen molar-refractivity contribution in [1.82, 2.24) is 14.2 Å². The number of hydrogen-bond acceptors (Lipinski definition) is 5. The number of carbonyl (C=O) groups is 1. The largest absolute Gasteiger partial charge is 0.383 e. The molecule has 1 aliphatic rings. The van der Waals surface area contributed by atoms with E-state index in [1.165, 1.54) is 23.5 Å². The summed E-state index contributed by atoms with van der Waals surface area (Å²) in [5, 5.41) is 0. The lowest BCUT2D eigenvalue weighted by molar-refractivity contribution is -0.128. The maximum Gasteiger partial charge on any atom is 0.246 e. The van der Waals surface area contributed by atoms with Gasteiger partial charge in [-0.05, 0) is 18.6 Å². The first-order chi connectivity index (χ1) is 9.43. The minimum absolute atomic E-state index is 0.000158. The molecule has 2 rings (SSSR count). The van der Waals surface area contributed by atoms with Crippen LogP contribution >= 0.6 is 0 Å². The lowest BCUT2D eigenvalue weighted by atomic mass is 10.4. The van der Waals surface area contributed by atoms with E-state index < -0.39 is 10.0 Å². The summed E-state index contributed by atoms with van der Waals surface area (Å²) in [6, 6.07) is 2.99. The molecule has 1 fully saturated rings. The van der Waals surface area contributed by atoms with Gasteiger partial charge in [0.25, 0.3) is 0 Å². The van der Waals surface area contributed by atoms with Gasteiger partial charge in [0.05, 0.1) is 0 Å². The third kappa shape index (κ3) is 2.91. The molecule has 1 amide bonds. The molecule has 8 heteroatoms. The fourth-order valence-electron chi connectivity index (χ4n) is 2.21. The average Bonchev–Trinajstić information content (AvgIpc) is 2.65.